The number of nitrogens with one attached hydrogen (secondary N) is 1. The molecule has 0 saturated carbocycles. The highest BCUT2D eigenvalue weighted by atomic mass is 32.2. The van der Waals surface area contributed by atoms with Crippen LogP contribution in [0.5, 0.6) is 5.75 Å². The third kappa shape index (κ3) is 4.94. The Morgan fingerprint density at radius 2 is 2.03 bits per heavy atom. The molecule has 0 unspecified atom stereocenters. The second kappa shape index (κ2) is 9.49. The summed E-state index contributed by atoms with van der Waals surface area (Å²) in [6.07, 6.45) is 0.957. The molecule has 3 heterocycles. The normalized spacial score (nSPS) is 14.7. The Balaban J connectivity index is 1.41. The van der Waals surface area contributed by atoms with E-state index < -0.39 is 0 Å². The lowest BCUT2D eigenvalue weighted by Gasteiger charge is -2.25. The number of carbonyl (C=O) groups is 1. The lowest BCUT2D eigenvalue weighted by Crippen LogP contribution is -2.40. The molecule has 3 aromatic rings. The summed E-state index contributed by atoms with van der Waals surface area (Å²) < 4.78 is 7.25. The molecule has 0 bridgehead atoms. The molecule has 30 heavy (non-hydrogen) atoms. The second-order valence-corrected chi connectivity index (χ2v) is 9.12. The van der Waals surface area contributed by atoms with Crippen LogP contribution in [0, 0.1) is 0 Å². The molecule has 2 aromatic heterocycles. The van der Waals surface area contributed by atoms with Crippen LogP contribution >= 0.6 is 23.1 Å². The summed E-state index contributed by atoms with van der Waals surface area (Å²) in [5.41, 5.74) is 1.14. The van der Waals surface area contributed by atoms with Gasteiger partial charge in [-0.05, 0) is 48.2 Å². The SMILES string of the molecule is CC[C@H](Cn1nc(-c2cccs2)ccc1=O)NC(=O)c1ccc(OC2CSC2)cc1. The van der Waals surface area contributed by atoms with Crippen LogP contribution in [0.25, 0.3) is 10.6 Å². The summed E-state index contributed by atoms with van der Waals surface area (Å²) in [6.45, 7) is 2.30. The van der Waals surface area contributed by atoms with E-state index in [9.17, 15) is 9.59 Å². The molecule has 4 rings (SSSR count). The third-order valence-electron chi connectivity index (χ3n) is 4.89. The van der Waals surface area contributed by atoms with Gasteiger partial charge in [-0.25, -0.2) is 4.68 Å². The van der Waals surface area contributed by atoms with E-state index in [1.54, 1.807) is 29.5 Å². The molecule has 1 saturated heterocycles. The molecule has 8 heteroatoms. The molecule has 1 atom stereocenters. The van der Waals surface area contributed by atoms with Gasteiger partial charge in [0.1, 0.15) is 17.5 Å². The molecule has 1 fully saturated rings. The van der Waals surface area contributed by atoms with Crippen molar-refractivity contribution in [2.75, 3.05) is 11.5 Å². The summed E-state index contributed by atoms with van der Waals surface area (Å²) in [4.78, 5) is 26.0. The van der Waals surface area contributed by atoms with E-state index in [-0.39, 0.29) is 23.6 Å². The Hall–Kier alpha value is -2.58. The van der Waals surface area contributed by atoms with Crippen LogP contribution in [-0.2, 0) is 6.54 Å². The molecule has 1 aromatic carbocycles. The predicted octanol–water partition coefficient (Wildman–Crippen LogP) is 3.67. The Kier molecular flexibility index (Phi) is 6.54. The van der Waals surface area contributed by atoms with Crippen molar-refractivity contribution >= 4 is 29.0 Å². The zero-order valence-electron chi connectivity index (χ0n) is 16.6. The highest BCUT2D eigenvalue weighted by molar-refractivity contribution is 8.00. The quantitative estimate of drug-likeness (QED) is 0.577. The molecule has 156 valence electrons. The number of ether oxygens (including phenoxy) is 1. The number of benzene rings is 1. The minimum absolute atomic E-state index is 0.171. The number of hydrogen-bond donors (Lipinski definition) is 1. The van der Waals surface area contributed by atoms with Crippen molar-refractivity contribution < 1.29 is 9.53 Å². The Morgan fingerprint density at radius 3 is 2.67 bits per heavy atom. The van der Waals surface area contributed by atoms with Crippen LogP contribution < -0.4 is 15.6 Å². The number of thiophene rings is 1. The molecular formula is C22H23N3O3S2. The highest BCUT2D eigenvalue weighted by Crippen LogP contribution is 2.24. The zero-order valence-corrected chi connectivity index (χ0v) is 18.2. The van der Waals surface area contributed by atoms with Crippen molar-refractivity contribution in [3.05, 3.63) is 69.8 Å². The molecule has 1 N–H and O–H groups in total. The summed E-state index contributed by atoms with van der Waals surface area (Å²) in [6, 6.07) is 14.2. The Morgan fingerprint density at radius 1 is 1.23 bits per heavy atom. The van der Waals surface area contributed by atoms with Crippen molar-refractivity contribution in [3.8, 4) is 16.3 Å². The van der Waals surface area contributed by atoms with Gasteiger partial charge in [-0.2, -0.15) is 16.9 Å². The first-order valence-corrected chi connectivity index (χ1v) is 11.9. The van der Waals surface area contributed by atoms with E-state index >= 15 is 0 Å². The average Bonchev–Trinajstić information content (AvgIpc) is 3.27. The van der Waals surface area contributed by atoms with Gasteiger partial charge in [-0.1, -0.05) is 13.0 Å². The molecule has 0 spiro atoms. The summed E-state index contributed by atoms with van der Waals surface area (Å²) in [5, 5.41) is 9.47. The van der Waals surface area contributed by atoms with Crippen molar-refractivity contribution in [2.24, 2.45) is 0 Å². The zero-order chi connectivity index (χ0) is 20.9. The largest absolute Gasteiger partial charge is 0.489 e. The number of hydrogen-bond acceptors (Lipinski definition) is 6. The van der Waals surface area contributed by atoms with E-state index in [2.05, 4.69) is 10.4 Å². The maximum Gasteiger partial charge on any atom is 0.266 e. The van der Waals surface area contributed by atoms with Crippen molar-refractivity contribution in [2.45, 2.75) is 32.0 Å². The van der Waals surface area contributed by atoms with Crippen molar-refractivity contribution in [1.82, 2.24) is 15.1 Å². The lowest BCUT2D eigenvalue weighted by atomic mass is 10.1. The van der Waals surface area contributed by atoms with E-state index in [0.29, 0.717) is 18.5 Å². The van der Waals surface area contributed by atoms with Crippen LogP contribution in [0.4, 0.5) is 0 Å². The monoisotopic (exact) mass is 441 g/mol. The average molecular weight is 442 g/mol. The Bertz CT molecular complexity index is 1040. The summed E-state index contributed by atoms with van der Waals surface area (Å²) >= 11 is 3.44. The number of nitrogens with zero attached hydrogens (tertiary/aromatic N) is 2. The van der Waals surface area contributed by atoms with Gasteiger partial charge in [0.25, 0.3) is 11.5 Å². The van der Waals surface area contributed by atoms with Crippen LogP contribution in [0.1, 0.15) is 23.7 Å². The van der Waals surface area contributed by atoms with Crippen molar-refractivity contribution in [3.63, 3.8) is 0 Å². The fraction of sp³-hybridized carbons (Fsp3) is 0.318. The first-order chi connectivity index (χ1) is 14.6. The van der Waals surface area contributed by atoms with Gasteiger partial charge >= 0.3 is 0 Å². The van der Waals surface area contributed by atoms with E-state index in [1.165, 1.54) is 10.7 Å². The second-order valence-electron chi connectivity index (χ2n) is 7.10. The number of amides is 1. The molecule has 1 aliphatic rings. The van der Waals surface area contributed by atoms with Crippen LogP contribution in [0.15, 0.2) is 58.7 Å². The minimum atomic E-state index is -0.204. The van der Waals surface area contributed by atoms with Gasteiger partial charge in [-0.3, -0.25) is 9.59 Å². The topological polar surface area (TPSA) is 73.2 Å². The van der Waals surface area contributed by atoms with E-state index in [4.69, 9.17) is 4.74 Å². The first kappa shape index (κ1) is 20.7. The smallest absolute Gasteiger partial charge is 0.266 e. The molecule has 1 amide bonds. The standard InChI is InChI=1S/C22H23N3O3S2/c1-2-16(12-25-21(26)10-9-19(24-25)20-4-3-11-30-20)23-22(27)15-5-7-17(8-6-15)28-18-13-29-14-18/h3-11,16,18H,2,12-14H2,1H3,(H,23,27)/t16-/m1/s1. The first-order valence-electron chi connectivity index (χ1n) is 9.89. The van der Waals surface area contributed by atoms with Crippen LogP contribution in [0.3, 0.4) is 0 Å². The molecule has 0 radical (unpaired) electrons. The van der Waals surface area contributed by atoms with Gasteiger partial charge in [0.2, 0.25) is 0 Å². The third-order valence-corrected chi connectivity index (χ3v) is 7.00. The molecule has 1 aliphatic heterocycles. The maximum atomic E-state index is 12.7. The van der Waals surface area contributed by atoms with Gasteiger partial charge in [0.15, 0.2) is 0 Å². The van der Waals surface area contributed by atoms with E-state index in [1.807, 2.05) is 48.3 Å². The summed E-state index contributed by atoms with van der Waals surface area (Å²) in [7, 11) is 0. The fourth-order valence-electron chi connectivity index (χ4n) is 3.05. The van der Waals surface area contributed by atoms with Crippen LogP contribution in [-0.4, -0.2) is 39.3 Å². The molecular weight excluding hydrogens is 418 g/mol. The number of thioether (sulfide) groups is 1. The minimum Gasteiger partial charge on any atom is -0.489 e. The molecule has 0 aliphatic carbocycles. The predicted molar refractivity (Wildman–Crippen MR) is 122 cm³/mol. The van der Waals surface area contributed by atoms with Crippen LogP contribution in [0.2, 0.25) is 0 Å². The number of rotatable bonds is 8. The van der Waals surface area contributed by atoms with Gasteiger partial charge in [-0.15, -0.1) is 11.3 Å². The number of aromatic nitrogens is 2. The summed E-state index contributed by atoms with van der Waals surface area (Å²) in [5.74, 6) is 2.64. The van der Waals surface area contributed by atoms with Gasteiger partial charge in [0, 0.05) is 29.2 Å². The van der Waals surface area contributed by atoms with E-state index in [0.717, 1.165) is 27.8 Å². The number of carbonyl (C=O) groups excluding carboxylic acids is 1. The maximum absolute atomic E-state index is 12.7. The lowest BCUT2D eigenvalue weighted by molar-refractivity contribution is 0.0930. The van der Waals surface area contributed by atoms with Gasteiger partial charge in [0.05, 0.1) is 11.4 Å². The van der Waals surface area contributed by atoms with Gasteiger partial charge < -0.3 is 10.1 Å². The fourth-order valence-corrected chi connectivity index (χ4v) is 4.30. The van der Waals surface area contributed by atoms with Crippen molar-refractivity contribution in [1.29, 1.82) is 0 Å². The molecule has 6 nitrogen and oxygen atoms in total. The highest BCUT2D eigenvalue weighted by Gasteiger charge is 2.20. The Labute approximate surface area is 183 Å².